The molecule has 6 heteroatoms. The molecule has 2 rings (SSSR count). The molecule has 0 saturated carbocycles. The lowest BCUT2D eigenvalue weighted by Gasteiger charge is -2.03. The van der Waals surface area contributed by atoms with Crippen molar-refractivity contribution in [2.75, 3.05) is 19.5 Å². The lowest BCUT2D eigenvalue weighted by atomic mass is 10.3. The SMILES string of the molecule is CN=C(Nc1cc(C)c(C(=O)OC)s1)c1ccco1. The number of carbonyl (C=O) groups is 1. The number of aryl methyl sites for hydroxylation is 1. The Kier molecular flexibility index (Phi) is 4.01. The van der Waals surface area contributed by atoms with Crippen molar-refractivity contribution in [3.63, 3.8) is 0 Å². The Morgan fingerprint density at radius 3 is 2.89 bits per heavy atom. The fourth-order valence-electron chi connectivity index (χ4n) is 1.60. The zero-order valence-electron chi connectivity index (χ0n) is 10.9. The highest BCUT2D eigenvalue weighted by Gasteiger charge is 2.15. The van der Waals surface area contributed by atoms with Crippen molar-refractivity contribution in [3.05, 3.63) is 40.7 Å². The normalized spacial score (nSPS) is 11.4. The second-order valence-electron chi connectivity index (χ2n) is 3.79. The van der Waals surface area contributed by atoms with Crippen LogP contribution < -0.4 is 5.32 Å². The van der Waals surface area contributed by atoms with E-state index in [1.807, 2.05) is 19.1 Å². The van der Waals surface area contributed by atoms with Crippen molar-refractivity contribution >= 4 is 28.1 Å². The number of hydrogen-bond donors (Lipinski definition) is 1. The largest absolute Gasteiger partial charge is 0.465 e. The molecular formula is C13H14N2O3S. The summed E-state index contributed by atoms with van der Waals surface area (Å²) >= 11 is 1.33. The van der Waals surface area contributed by atoms with Crippen LogP contribution in [0.25, 0.3) is 0 Å². The molecule has 0 aliphatic carbocycles. The Morgan fingerprint density at radius 2 is 2.32 bits per heavy atom. The lowest BCUT2D eigenvalue weighted by Crippen LogP contribution is -2.11. The van der Waals surface area contributed by atoms with Crippen LogP contribution >= 0.6 is 11.3 Å². The van der Waals surface area contributed by atoms with Gasteiger partial charge in [-0.3, -0.25) is 4.99 Å². The molecule has 0 saturated heterocycles. The van der Waals surface area contributed by atoms with E-state index >= 15 is 0 Å². The molecule has 0 unspecified atom stereocenters. The third-order valence-electron chi connectivity index (χ3n) is 2.51. The molecule has 0 amide bonds. The summed E-state index contributed by atoms with van der Waals surface area (Å²) in [5.41, 5.74) is 0.870. The summed E-state index contributed by atoms with van der Waals surface area (Å²) in [5.74, 6) is 0.930. The minimum Gasteiger partial charge on any atom is -0.465 e. The van der Waals surface area contributed by atoms with Crippen LogP contribution in [-0.4, -0.2) is 26.0 Å². The summed E-state index contributed by atoms with van der Waals surface area (Å²) in [6.07, 6.45) is 1.59. The van der Waals surface area contributed by atoms with E-state index in [1.54, 1.807) is 19.4 Å². The van der Waals surface area contributed by atoms with Crippen LogP contribution in [0.1, 0.15) is 21.0 Å². The van der Waals surface area contributed by atoms with Crippen molar-refractivity contribution < 1.29 is 13.9 Å². The number of anilines is 1. The van der Waals surface area contributed by atoms with E-state index in [-0.39, 0.29) is 5.97 Å². The minimum atomic E-state index is -0.330. The number of furan rings is 1. The number of amidine groups is 1. The zero-order chi connectivity index (χ0) is 13.8. The summed E-state index contributed by atoms with van der Waals surface area (Å²) in [7, 11) is 3.04. The molecule has 0 aliphatic heterocycles. The number of nitrogens with zero attached hydrogens (tertiary/aromatic N) is 1. The van der Waals surface area contributed by atoms with Gasteiger partial charge >= 0.3 is 5.97 Å². The van der Waals surface area contributed by atoms with Gasteiger partial charge in [0.25, 0.3) is 0 Å². The van der Waals surface area contributed by atoms with Crippen molar-refractivity contribution in [2.45, 2.75) is 6.92 Å². The number of ether oxygens (including phenoxy) is 1. The third kappa shape index (κ3) is 2.85. The standard InChI is InChI=1S/C13H14N2O3S/c1-8-7-10(19-11(8)13(16)17-3)15-12(14-2)9-5-4-6-18-9/h4-7H,1-3H3,(H,14,15). The van der Waals surface area contributed by atoms with Gasteiger partial charge in [-0.15, -0.1) is 11.3 Å². The van der Waals surface area contributed by atoms with E-state index in [1.165, 1.54) is 18.4 Å². The van der Waals surface area contributed by atoms with E-state index in [9.17, 15) is 4.79 Å². The summed E-state index contributed by atoms with van der Waals surface area (Å²) in [5, 5.41) is 3.95. The number of esters is 1. The highest BCUT2D eigenvalue weighted by Crippen LogP contribution is 2.27. The van der Waals surface area contributed by atoms with Gasteiger partial charge in [-0.05, 0) is 30.7 Å². The van der Waals surface area contributed by atoms with Crippen LogP contribution in [0.2, 0.25) is 0 Å². The summed E-state index contributed by atoms with van der Waals surface area (Å²) in [4.78, 5) is 16.3. The van der Waals surface area contributed by atoms with Crippen molar-refractivity contribution in [3.8, 4) is 0 Å². The number of carbonyl (C=O) groups excluding carboxylic acids is 1. The Hall–Kier alpha value is -2.08. The number of aliphatic imine (C=N–C) groups is 1. The first-order valence-electron chi connectivity index (χ1n) is 5.62. The smallest absolute Gasteiger partial charge is 0.348 e. The van der Waals surface area contributed by atoms with Crippen LogP contribution in [0.4, 0.5) is 5.00 Å². The molecule has 0 radical (unpaired) electrons. The Labute approximate surface area is 114 Å². The molecule has 1 N–H and O–H groups in total. The summed E-state index contributed by atoms with van der Waals surface area (Å²) in [6.45, 7) is 1.86. The van der Waals surface area contributed by atoms with Crippen LogP contribution in [0.5, 0.6) is 0 Å². The van der Waals surface area contributed by atoms with Gasteiger partial charge in [0.15, 0.2) is 11.6 Å². The quantitative estimate of drug-likeness (QED) is 0.532. The molecule has 0 fully saturated rings. The van der Waals surface area contributed by atoms with Crippen molar-refractivity contribution in [1.29, 1.82) is 0 Å². The number of methoxy groups -OCH3 is 1. The highest BCUT2D eigenvalue weighted by atomic mass is 32.1. The number of thiophene rings is 1. The fraction of sp³-hybridized carbons (Fsp3) is 0.231. The van der Waals surface area contributed by atoms with Gasteiger partial charge in [-0.25, -0.2) is 4.79 Å². The maximum Gasteiger partial charge on any atom is 0.348 e. The van der Waals surface area contributed by atoms with E-state index < -0.39 is 0 Å². The van der Waals surface area contributed by atoms with Crippen LogP contribution in [0.15, 0.2) is 33.9 Å². The van der Waals surface area contributed by atoms with Gasteiger partial charge in [-0.1, -0.05) is 0 Å². The molecule has 0 aromatic carbocycles. The molecule has 0 aliphatic rings. The maximum absolute atomic E-state index is 11.5. The van der Waals surface area contributed by atoms with Crippen LogP contribution in [0.3, 0.4) is 0 Å². The molecule has 0 atom stereocenters. The maximum atomic E-state index is 11.5. The second-order valence-corrected chi connectivity index (χ2v) is 4.84. The first kappa shape index (κ1) is 13.4. The Balaban J connectivity index is 2.22. The molecule has 19 heavy (non-hydrogen) atoms. The zero-order valence-corrected chi connectivity index (χ0v) is 11.7. The monoisotopic (exact) mass is 278 g/mol. The van der Waals surface area contributed by atoms with Gasteiger partial charge in [0.2, 0.25) is 0 Å². The minimum absolute atomic E-state index is 0.330. The number of rotatable bonds is 3. The molecule has 100 valence electrons. The first-order chi connectivity index (χ1) is 9.15. The number of hydrogen-bond acceptors (Lipinski definition) is 5. The van der Waals surface area contributed by atoms with Gasteiger partial charge in [0, 0.05) is 7.05 Å². The highest BCUT2D eigenvalue weighted by molar-refractivity contribution is 7.18. The number of nitrogens with one attached hydrogen (secondary N) is 1. The first-order valence-corrected chi connectivity index (χ1v) is 6.43. The molecule has 2 aromatic rings. The van der Waals surface area contributed by atoms with Gasteiger partial charge in [0.1, 0.15) is 4.88 Å². The van der Waals surface area contributed by atoms with E-state index in [2.05, 4.69) is 10.3 Å². The van der Waals surface area contributed by atoms with Crippen molar-refractivity contribution in [1.82, 2.24) is 0 Å². The van der Waals surface area contributed by atoms with E-state index in [0.717, 1.165) is 10.6 Å². The van der Waals surface area contributed by atoms with Gasteiger partial charge in [0.05, 0.1) is 18.4 Å². The summed E-state index contributed by atoms with van der Waals surface area (Å²) in [6, 6.07) is 5.49. The molecule has 0 bridgehead atoms. The molecule has 5 nitrogen and oxygen atoms in total. The lowest BCUT2D eigenvalue weighted by molar-refractivity contribution is 0.0605. The van der Waals surface area contributed by atoms with Crippen LogP contribution in [0, 0.1) is 6.92 Å². The van der Waals surface area contributed by atoms with Gasteiger partial charge < -0.3 is 14.5 Å². The molecule has 0 spiro atoms. The Morgan fingerprint density at radius 1 is 1.53 bits per heavy atom. The predicted octanol–water partition coefficient (Wildman–Crippen LogP) is 2.92. The molecule has 2 aromatic heterocycles. The third-order valence-corrected chi connectivity index (χ3v) is 3.64. The van der Waals surface area contributed by atoms with Gasteiger partial charge in [-0.2, -0.15) is 0 Å². The topological polar surface area (TPSA) is 63.8 Å². The average molecular weight is 278 g/mol. The van der Waals surface area contributed by atoms with E-state index in [0.29, 0.717) is 16.5 Å². The van der Waals surface area contributed by atoms with Crippen LogP contribution in [-0.2, 0) is 4.74 Å². The summed E-state index contributed by atoms with van der Waals surface area (Å²) < 4.78 is 10.0. The fourth-order valence-corrected chi connectivity index (χ4v) is 2.59. The molecule has 2 heterocycles. The predicted molar refractivity (Wildman–Crippen MR) is 75.2 cm³/mol. The molecular weight excluding hydrogens is 264 g/mol. The second kappa shape index (κ2) is 5.71. The van der Waals surface area contributed by atoms with Crippen molar-refractivity contribution in [2.24, 2.45) is 4.99 Å². The van der Waals surface area contributed by atoms with E-state index in [4.69, 9.17) is 9.15 Å². The average Bonchev–Trinajstić information content (AvgIpc) is 3.04. The Bertz CT molecular complexity index is 599.